The predicted molar refractivity (Wildman–Crippen MR) is 97.2 cm³/mol. The third-order valence-corrected chi connectivity index (χ3v) is 6.03. The lowest BCUT2D eigenvalue weighted by Gasteiger charge is -2.35. The molecular weight excluding hydrogens is 341 g/mol. The highest BCUT2D eigenvalue weighted by atomic mass is 35.5. The van der Waals surface area contributed by atoms with Crippen molar-refractivity contribution in [1.29, 1.82) is 0 Å². The van der Waals surface area contributed by atoms with Gasteiger partial charge in [-0.05, 0) is 64.0 Å². The van der Waals surface area contributed by atoms with E-state index in [1.807, 2.05) is 0 Å². The highest BCUT2D eigenvalue weighted by Gasteiger charge is 2.31. The van der Waals surface area contributed by atoms with E-state index in [1.54, 1.807) is 0 Å². The van der Waals surface area contributed by atoms with Gasteiger partial charge in [-0.15, -0.1) is 0 Å². The van der Waals surface area contributed by atoms with Crippen molar-refractivity contribution in [1.82, 2.24) is 15.6 Å². The number of aromatic nitrogens is 1. The molecule has 1 amide bonds. The Morgan fingerprint density at radius 1 is 1.40 bits per heavy atom. The fourth-order valence-corrected chi connectivity index (χ4v) is 4.47. The van der Waals surface area contributed by atoms with Gasteiger partial charge in [0.05, 0.1) is 16.9 Å². The maximum atomic E-state index is 13.1. The molecule has 1 aliphatic carbocycles. The summed E-state index contributed by atoms with van der Waals surface area (Å²) in [5, 5.41) is 6.94. The van der Waals surface area contributed by atoms with Crippen LogP contribution in [0, 0.1) is 11.7 Å². The van der Waals surface area contributed by atoms with E-state index in [0.29, 0.717) is 23.3 Å². The molecule has 1 aliphatic heterocycles. The molecule has 1 aromatic rings. The lowest BCUT2D eigenvalue weighted by Crippen LogP contribution is -2.52. The van der Waals surface area contributed by atoms with Gasteiger partial charge in [0.2, 0.25) is 5.91 Å². The van der Waals surface area contributed by atoms with Gasteiger partial charge < -0.3 is 10.6 Å². The largest absolute Gasteiger partial charge is 0.356 e. The summed E-state index contributed by atoms with van der Waals surface area (Å²) in [6.45, 7) is 3.86. The lowest BCUT2D eigenvalue weighted by atomic mass is 9.79. The molecule has 25 heavy (non-hydrogen) atoms. The summed E-state index contributed by atoms with van der Waals surface area (Å²) in [5.41, 5.74) is 0.783. The molecule has 1 aromatic heterocycles. The maximum Gasteiger partial charge on any atom is 0.221 e. The Labute approximate surface area is 153 Å². The van der Waals surface area contributed by atoms with Crippen molar-refractivity contribution in [3.05, 3.63) is 28.8 Å². The normalized spacial score (nSPS) is 30.1. The molecule has 1 unspecified atom stereocenters. The highest BCUT2D eigenvalue weighted by Crippen LogP contribution is 2.38. The molecule has 6 heteroatoms. The number of hydrogen-bond acceptors (Lipinski definition) is 3. The van der Waals surface area contributed by atoms with Gasteiger partial charge in [0.1, 0.15) is 5.82 Å². The van der Waals surface area contributed by atoms with Crippen LogP contribution in [0.2, 0.25) is 5.02 Å². The second-order valence-electron chi connectivity index (χ2n) is 7.79. The molecule has 3 rings (SSSR count). The van der Waals surface area contributed by atoms with Gasteiger partial charge in [-0.3, -0.25) is 9.78 Å². The van der Waals surface area contributed by atoms with Crippen LogP contribution >= 0.6 is 11.6 Å². The van der Waals surface area contributed by atoms with Crippen molar-refractivity contribution >= 4 is 17.5 Å². The van der Waals surface area contributed by atoms with Gasteiger partial charge in [0.15, 0.2) is 0 Å². The Bertz CT molecular complexity index is 619. The summed E-state index contributed by atoms with van der Waals surface area (Å²) in [7, 11) is 0. The van der Waals surface area contributed by atoms with Crippen molar-refractivity contribution in [3.8, 4) is 0 Å². The number of hydrogen-bond donors (Lipinski definition) is 2. The van der Waals surface area contributed by atoms with Crippen molar-refractivity contribution in [2.45, 2.75) is 63.3 Å². The molecule has 1 saturated heterocycles. The molecule has 138 valence electrons. The zero-order chi connectivity index (χ0) is 17.9. The summed E-state index contributed by atoms with van der Waals surface area (Å²) in [6.07, 6.45) is 8.37. The van der Waals surface area contributed by atoms with Gasteiger partial charge in [-0.2, -0.15) is 0 Å². The summed E-state index contributed by atoms with van der Waals surface area (Å²) >= 11 is 6.15. The topological polar surface area (TPSA) is 54.0 Å². The minimum absolute atomic E-state index is 0.0644. The fraction of sp³-hybridized carbons (Fsp3) is 0.684. The average Bonchev–Trinajstić information content (AvgIpc) is 2.55. The van der Waals surface area contributed by atoms with Crippen LogP contribution in [0.5, 0.6) is 0 Å². The molecule has 1 atom stereocenters. The lowest BCUT2D eigenvalue weighted by molar-refractivity contribution is -0.124. The molecule has 0 radical (unpaired) electrons. The van der Waals surface area contributed by atoms with E-state index < -0.39 is 0 Å². The number of nitrogens with one attached hydrogen (secondary N) is 2. The Hall–Kier alpha value is -1.20. The number of pyridine rings is 1. The minimum Gasteiger partial charge on any atom is -0.356 e. The summed E-state index contributed by atoms with van der Waals surface area (Å²) in [5.74, 6) is 0.810. The second-order valence-corrected chi connectivity index (χ2v) is 8.20. The molecule has 2 heterocycles. The highest BCUT2D eigenvalue weighted by molar-refractivity contribution is 6.31. The SMILES string of the molecule is CC1(NCC[C@H]2CC[C@H](c3ncc(F)cc3Cl)CC2)CCNC(=O)C1. The molecule has 0 bridgehead atoms. The fourth-order valence-electron chi connectivity index (χ4n) is 4.16. The van der Waals surface area contributed by atoms with Gasteiger partial charge in [-0.25, -0.2) is 4.39 Å². The molecule has 0 spiro atoms. The van der Waals surface area contributed by atoms with Crippen LogP contribution in [0.25, 0.3) is 0 Å². The Morgan fingerprint density at radius 3 is 2.84 bits per heavy atom. The van der Waals surface area contributed by atoms with Crippen LogP contribution in [-0.2, 0) is 4.79 Å². The summed E-state index contributed by atoms with van der Waals surface area (Å²) in [6, 6.07) is 1.36. The summed E-state index contributed by atoms with van der Waals surface area (Å²) in [4.78, 5) is 15.8. The standard InChI is InChI=1S/C19H27ClFN3O/c1-19(7-9-22-17(25)11-19)24-8-6-13-2-4-14(5-3-13)18-16(20)10-15(21)12-23-18/h10,12-14,24H,2-9,11H2,1H3,(H,22,25)/t13-,14-,19?. The van der Waals surface area contributed by atoms with E-state index in [4.69, 9.17) is 11.6 Å². The first kappa shape index (κ1) is 18.6. The predicted octanol–water partition coefficient (Wildman–Crippen LogP) is 3.80. The first-order valence-corrected chi connectivity index (χ1v) is 9.66. The molecule has 1 saturated carbocycles. The molecule has 2 fully saturated rings. The second kappa shape index (κ2) is 8.00. The van der Waals surface area contributed by atoms with Crippen LogP contribution in [-0.4, -0.2) is 29.5 Å². The van der Waals surface area contributed by atoms with Crippen molar-refractivity contribution in [3.63, 3.8) is 0 Å². The number of rotatable bonds is 5. The maximum absolute atomic E-state index is 13.1. The number of carbonyl (C=O) groups is 1. The zero-order valence-corrected chi connectivity index (χ0v) is 15.5. The Balaban J connectivity index is 1.43. The number of carbonyl (C=O) groups excluding carboxylic acids is 1. The Kier molecular flexibility index (Phi) is 5.95. The molecule has 2 N–H and O–H groups in total. The van der Waals surface area contributed by atoms with E-state index >= 15 is 0 Å². The number of nitrogens with zero attached hydrogens (tertiary/aromatic N) is 1. The monoisotopic (exact) mass is 367 g/mol. The van der Waals surface area contributed by atoms with Crippen LogP contribution in [0.3, 0.4) is 0 Å². The van der Waals surface area contributed by atoms with Crippen LogP contribution in [0.1, 0.15) is 63.5 Å². The van der Waals surface area contributed by atoms with E-state index in [0.717, 1.165) is 57.3 Å². The molecule has 2 aliphatic rings. The van der Waals surface area contributed by atoms with Crippen molar-refractivity contribution in [2.24, 2.45) is 5.92 Å². The van der Waals surface area contributed by atoms with Gasteiger partial charge in [0, 0.05) is 24.4 Å². The quantitative estimate of drug-likeness (QED) is 0.832. The molecule has 0 aromatic carbocycles. The van der Waals surface area contributed by atoms with E-state index in [2.05, 4.69) is 22.5 Å². The Morgan fingerprint density at radius 2 is 2.16 bits per heavy atom. The van der Waals surface area contributed by atoms with Gasteiger partial charge in [0.25, 0.3) is 0 Å². The first-order valence-electron chi connectivity index (χ1n) is 9.28. The number of piperidine rings is 1. The first-order chi connectivity index (χ1) is 12.0. The molecular formula is C19H27ClFN3O. The van der Waals surface area contributed by atoms with E-state index in [-0.39, 0.29) is 17.3 Å². The van der Waals surface area contributed by atoms with Crippen molar-refractivity contribution < 1.29 is 9.18 Å². The smallest absolute Gasteiger partial charge is 0.221 e. The van der Waals surface area contributed by atoms with Gasteiger partial charge in [-0.1, -0.05) is 11.6 Å². The van der Waals surface area contributed by atoms with Gasteiger partial charge >= 0.3 is 0 Å². The van der Waals surface area contributed by atoms with E-state index in [1.165, 1.54) is 12.3 Å². The zero-order valence-electron chi connectivity index (χ0n) is 14.8. The van der Waals surface area contributed by atoms with Crippen LogP contribution in [0.15, 0.2) is 12.3 Å². The van der Waals surface area contributed by atoms with Crippen LogP contribution in [0.4, 0.5) is 4.39 Å². The number of halogens is 2. The minimum atomic E-state index is -0.376. The third kappa shape index (κ3) is 4.91. The molecule has 4 nitrogen and oxygen atoms in total. The number of amides is 1. The van der Waals surface area contributed by atoms with E-state index in [9.17, 15) is 9.18 Å². The third-order valence-electron chi connectivity index (χ3n) is 5.72. The van der Waals surface area contributed by atoms with Crippen LogP contribution < -0.4 is 10.6 Å². The average molecular weight is 368 g/mol. The van der Waals surface area contributed by atoms with Crippen molar-refractivity contribution in [2.75, 3.05) is 13.1 Å². The summed E-state index contributed by atoms with van der Waals surface area (Å²) < 4.78 is 13.1.